The van der Waals surface area contributed by atoms with Crippen molar-refractivity contribution in [3.05, 3.63) is 76.7 Å². The Bertz CT molecular complexity index is 1360. The van der Waals surface area contributed by atoms with Gasteiger partial charge in [-0.2, -0.15) is 5.10 Å². The number of anilines is 3. The molecule has 2 aromatic carbocycles. The summed E-state index contributed by atoms with van der Waals surface area (Å²) in [5, 5.41) is 16.9. The van der Waals surface area contributed by atoms with Gasteiger partial charge in [0.05, 0.1) is 10.7 Å². The lowest BCUT2D eigenvalue weighted by Gasteiger charge is -2.33. The van der Waals surface area contributed by atoms with Gasteiger partial charge in [-0.1, -0.05) is 30.3 Å². The standard InChI is InChI=1S/C27H29N7OS2/c1-33(2)21-10-8-20(9-11-21)28-27(36)34-14-12-19(13-15-34)26-29-23(17-37-26)25(35)30-24-16-22(31-32-24)18-6-4-3-5-7-18/h3-11,16-17,19H,12-15H2,1-2H3,(H,28,36)(H2,30,31,32,35). The zero-order valence-electron chi connectivity index (χ0n) is 20.8. The Morgan fingerprint density at radius 2 is 1.81 bits per heavy atom. The summed E-state index contributed by atoms with van der Waals surface area (Å²) < 4.78 is 0. The lowest BCUT2D eigenvalue weighted by molar-refractivity contribution is 0.102. The van der Waals surface area contributed by atoms with Crippen molar-refractivity contribution in [3.8, 4) is 11.3 Å². The molecule has 37 heavy (non-hydrogen) atoms. The van der Waals surface area contributed by atoms with Crippen LogP contribution in [0.25, 0.3) is 11.3 Å². The highest BCUT2D eigenvalue weighted by Gasteiger charge is 2.25. The summed E-state index contributed by atoms with van der Waals surface area (Å²) in [5.74, 6) is 0.542. The monoisotopic (exact) mass is 531 g/mol. The Labute approximate surface area is 225 Å². The van der Waals surface area contributed by atoms with Crippen LogP contribution in [-0.2, 0) is 0 Å². The van der Waals surface area contributed by atoms with E-state index in [2.05, 4.69) is 47.7 Å². The number of benzene rings is 2. The van der Waals surface area contributed by atoms with E-state index in [0.717, 1.165) is 58.7 Å². The molecule has 1 amide bonds. The highest BCUT2D eigenvalue weighted by atomic mass is 32.1. The second kappa shape index (κ2) is 11.1. The molecule has 0 spiro atoms. The lowest BCUT2D eigenvalue weighted by atomic mass is 9.98. The highest BCUT2D eigenvalue weighted by molar-refractivity contribution is 7.80. The summed E-state index contributed by atoms with van der Waals surface area (Å²) in [5.41, 5.74) is 4.41. The number of aromatic nitrogens is 3. The fraction of sp³-hybridized carbons (Fsp3) is 0.259. The molecular weight excluding hydrogens is 502 g/mol. The zero-order valence-corrected chi connectivity index (χ0v) is 22.4. The van der Waals surface area contributed by atoms with Crippen LogP contribution in [0, 0.1) is 0 Å². The van der Waals surface area contributed by atoms with Crippen molar-refractivity contribution in [2.45, 2.75) is 18.8 Å². The third-order valence-corrected chi connectivity index (χ3v) is 7.79. The second-order valence-corrected chi connectivity index (χ2v) is 10.5. The number of likely N-dealkylation sites (tertiary alicyclic amines) is 1. The molecular formula is C27H29N7OS2. The number of nitrogens with one attached hydrogen (secondary N) is 3. The zero-order chi connectivity index (χ0) is 25.8. The average molecular weight is 532 g/mol. The van der Waals surface area contributed by atoms with Crippen LogP contribution in [0.15, 0.2) is 66.0 Å². The smallest absolute Gasteiger partial charge is 0.276 e. The first kappa shape index (κ1) is 24.9. The van der Waals surface area contributed by atoms with E-state index in [1.54, 1.807) is 11.3 Å². The number of nitrogens with zero attached hydrogens (tertiary/aromatic N) is 4. The van der Waals surface area contributed by atoms with Crippen LogP contribution in [0.5, 0.6) is 0 Å². The first-order chi connectivity index (χ1) is 18.0. The molecule has 2 aromatic heterocycles. The minimum Gasteiger partial charge on any atom is -0.378 e. The largest absolute Gasteiger partial charge is 0.378 e. The third kappa shape index (κ3) is 5.98. The van der Waals surface area contributed by atoms with Gasteiger partial charge in [-0.15, -0.1) is 11.3 Å². The molecule has 0 bridgehead atoms. The average Bonchev–Trinajstić information content (AvgIpc) is 3.60. The van der Waals surface area contributed by atoms with Gasteiger partial charge in [-0.3, -0.25) is 9.89 Å². The molecule has 1 saturated heterocycles. The molecule has 0 unspecified atom stereocenters. The van der Waals surface area contributed by atoms with Crippen LogP contribution in [0.3, 0.4) is 0 Å². The van der Waals surface area contributed by atoms with E-state index in [1.807, 2.05) is 68.0 Å². The van der Waals surface area contributed by atoms with E-state index in [0.29, 0.717) is 17.4 Å². The Morgan fingerprint density at radius 3 is 2.51 bits per heavy atom. The Kier molecular flexibility index (Phi) is 7.47. The molecule has 0 aliphatic carbocycles. The van der Waals surface area contributed by atoms with E-state index in [1.165, 1.54) is 0 Å². The fourth-order valence-corrected chi connectivity index (χ4v) is 5.56. The Balaban J connectivity index is 1.13. The molecule has 3 heterocycles. The van der Waals surface area contributed by atoms with Gasteiger partial charge in [0.25, 0.3) is 5.91 Å². The van der Waals surface area contributed by atoms with Crippen LogP contribution >= 0.6 is 23.6 Å². The van der Waals surface area contributed by atoms with Crippen molar-refractivity contribution >= 4 is 51.8 Å². The number of rotatable bonds is 6. The summed E-state index contributed by atoms with van der Waals surface area (Å²) in [6, 6.07) is 19.9. The van der Waals surface area contributed by atoms with E-state index < -0.39 is 0 Å². The summed E-state index contributed by atoms with van der Waals surface area (Å²) in [6.07, 6.45) is 1.88. The summed E-state index contributed by atoms with van der Waals surface area (Å²) in [6.45, 7) is 1.70. The molecule has 8 nitrogen and oxygen atoms in total. The first-order valence-electron chi connectivity index (χ1n) is 12.2. The number of thiazole rings is 1. The van der Waals surface area contributed by atoms with E-state index >= 15 is 0 Å². The molecule has 0 saturated carbocycles. The molecule has 190 valence electrons. The van der Waals surface area contributed by atoms with E-state index in [9.17, 15) is 4.79 Å². The van der Waals surface area contributed by atoms with Crippen molar-refractivity contribution < 1.29 is 4.79 Å². The number of carbonyl (C=O) groups is 1. The van der Waals surface area contributed by atoms with Crippen molar-refractivity contribution in [1.82, 2.24) is 20.1 Å². The van der Waals surface area contributed by atoms with Crippen LogP contribution in [0.1, 0.15) is 34.3 Å². The van der Waals surface area contributed by atoms with E-state index in [-0.39, 0.29) is 5.91 Å². The topological polar surface area (TPSA) is 89.2 Å². The second-order valence-electron chi connectivity index (χ2n) is 9.19. The number of amides is 1. The Morgan fingerprint density at radius 1 is 1.08 bits per heavy atom. The van der Waals surface area contributed by atoms with Crippen LogP contribution < -0.4 is 15.5 Å². The predicted molar refractivity (Wildman–Crippen MR) is 155 cm³/mol. The normalized spacial score (nSPS) is 13.8. The van der Waals surface area contributed by atoms with Crippen molar-refractivity contribution in [1.29, 1.82) is 0 Å². The number of carbonyl (C=O) groups excluding carboxylic acids is 1. The van der Waals surface area contributed by atoms with Crippen LogP contribution in [0.4, 0.5) is 17.2 Å². The first-order valence-corrected chi connectivity index (χ1v) is 13.5. The molecule has 0 radical (unpaired) electrons. The van der Waals surface area contributed by atoms with Gasteiger partial charge in [-0.25, -0.2) is 4.98 Å². The molecule has 3 N–H and O–H groups in total. The number of hydrogen-bond donors (Lipinski definition) is 3. The van der Waals surface area contributed by atoms with Gasteiger partial charge in [0.1, 0.15) is 5.69 Å². The van der Waals surface area contributed by atoms with Crippen molar-refractivity contribution in [3.63, 3.8) is 0 Å². The number of piperidine rings is 1. The molecule has 4 aromatic rings. The molecule has 5 rings (SSSR count). The van der Waals surface area contributed by atoms with Crippen molar-refractivity contribution in [2.24, 2.45) is 0 Å². The summed E-state index contributed by atoms with van der Waals surface area (Å²) >= 11 is 7.20. The lowest BCUT2D eigenvalue weighted by Crippen LogP contribution is -2.40. The quantitative estimate of drug-likeness (QED) is 0.286. The van der Waals surface area contributed by atoms with Gasteiger partial charge in [0.2, 0.25) is 0 Å². The third-order valence-electron chi connectivity index (χ3n) is 6.43. The summed E-state index contributed by atoms with van der Waals surface area (Å²) in [4.78, 5) is 21.7. The molecule has 1 aliphatic heterocycles. The number of aromatic amines is 1. The molecule has 1 fully saturated rings. The highest BCUT2D eigenvalue weighted by Crippen LogP contribution is 2.31. The van der Waals surface area contributed by atoms with Gasteiger partial charge in [-0.05, 0) is 54.9 Å². The van der Waals surface area contributed by atoms with E-state index in [4.69, 9.17) is 12.2 Å². The predicted octanol–water partition coefficient (Wildman–Crippen LogP) is 5.43. The fourth-order valence-electron chi connectivity index (χ4n) is 4.29. The van der Waals surface area contributed by atoms with Gasteiger partial charge >= 0.3 is 0 Å². The molecule has 0 atom stereocenters. The SMILES string of the molecule is CN(C)c1ccc(NC(=S)N2CCC(c3nc(C(=O)Nc4cc(-c5ccccc5)[nH]n4)cs3)CC2)cc1. The van der Waals surface area contributed by atoms with Gasteiger partial charge in [0.15, 0.2) is 10.9 Å². The minimum atomic E-state index is -0.253. The maximum Gasteiger partial charge on any atom is 0.276 e. The molecule has 1 aliphatic rings. The van der Waals surface area contributed by atoms with Crippen molar-refractivity contribution in [2.75, 3.05) is 42.7 Å². The maximum atomic E-state index is 12.8. The number of hydrogen-bond acceptors (Lipinski definition) is 6. The maximum absolute atomic E-state index is 12.8. The number of H-pyrrole nitrogens is 1. The summed E-state index contributed by atoms with van der Waals surface area (Å²) in [7, 11) is 4.05. The van der Waals surface area contributed by atoms with Gasteiger partial charge < -0.3 is 20.4 Å². The van der Waals surface area contributed by atoms with Crippen LogP contribution in [-0.4, -0.2) is 58.3 Å². The molecule has 10 heteroatoms. The Hall–Kier alpha value is -3.76. The van der Waals surface area contributed by atoms with Gasteiger partial charge in [0, 0.05) is 55.9 Å². The minimum absolute atomic E-state index is 0.253. The number of thiocarbonyl (C=S) groups is 1. The van der Waals surface area contributed by atoms with Crippen LogP contribution in [0.2, 0.25) is 0 Å².